The van der Waals surface area contributed by atoms with Gasteiger partial charge in [0.1, 0.15) is 0 Å². The molecule has 0 spiro atoms. The average molecular weight is 365 g/mol. The quantitative estimate of drug-likeness (QED) is 0.547. The maximum Gasteiger partial charge on any atom is 0.240 e. The second-order valence-electron chi connectivity index (χ2n) is 4.88. The number of sulfonamides is 1. The molecule has 0 aliphatic heterocycles. The number of nitrogen functional groups attached to an aromatic ring is 1. The monoisotopic (exact) mass is 364 g/mol. The summed E-state index contributed by atoms with van der Waals surface area (Å²) in [5, 5.41) is 0. The topological polar surface area (TPSA) is 81.4 Å². The van der Waals surface area contributed by atoms with Crippen molar-refractivity contribution in [1.29, 1.82) is 0 Å². The van der Waals surface area contributed by atoms with Gasteiger partial charge in [0.15, 0.2) is 0 Å². The molecule has 0 aromatic heterocycles. The molecule has 0 saturated carbocycles. The second-order valence-corrected chi connectivity index (χ2v) is 7.50. The molecule has 1 rings (SSSR count). The fraction of sp³-hybridized carbons (Fsp3) is 0.538. The first-order valence-corrected chi connectivity index (χ1v) is 8.73. The SMILES string of the molecule is CC(C)CCOCCNS(=O)(=O)c1ccc(Br)c(N)c1. The predicted octanol–water partition coefficient (Wildman–Crippen LogP) is 2.37. The van der Waals surface area contributed by atoms with Crippen LogP contribution in [-0.4, -0.2) is 28.2 Å². The van der Waals surface area contributed by atoms with E-state index in [-0.39, 0.29) is 11.4 Å². The highest BCUT2D eigenvalue weighted by molar-refractivity contribution is 9.10. The lowest BCUT2D eigenvalue weighted by atomic mass is 10.1. The molecule has 0 bridgehead atoms. The third-order valence-corrected chi connectivity index (χ3v) is 4.84. The van der Waals surface area contributed by atoms with Crippen LogP contribution in [0.1, 0.15) is 20.3 Å². The molecular weight excluding hydrogens is 344 g/mol. The highest BCUT2D eigenvalue weighted by Gasteiger charge is 2.14. The molecule has 1 aromatic rings. The van der Waals surface area contributed by atoms with Crippen LogP contribution in [0.15, 0.2) is 27.6 Å². The van der Waals surface area contributed by atoms with E-state index in [0.29, 0.717) is 29.3 Å². The zero-order valence-electron chi connectivity index (χ0n) is 11.7. The number of hydrogen-bond acceptors (Lipinski definition) is 4. The lowest BCUT2D eigenvalue weighted by molar-refractivity contribution is 0.128. The Morgan fingerprint density at radius 1 is 1.35 bits per heavy atom. The molecule has 0 saturated heterocycles. The highest BCUT2D eigenvalue weighted by atomic mass is 79.9. The number of rotatable bonds is 8. The van der Waals surface area contributed by atoms with E-state index in [9.17, 15) is 8.42 Å². The van der Waals surface area contributed by atoms with Gasteiger partial charge in [-0.2, -0.15) is 0 Å². The van der Waals surface area contributed by atoms with Gasteiger partial charge in [0, 0.05) is 23.3 Å². The van der Waals surface area contributed by atoms with Gasteiger partial charge in [0.25, 0.3) is 0 Å². The van der Waals surface area contributed by atoms with Crippen molar-refractivity contribution in [2.24, 2.45) is 5.92 Å². The van der Waals surface area contributed by atoms with Crippen molar-refractivity contribution in [3.63, 3.8) is 0 Å². The summed E-state index contributed by atoms with van der Waals surface area (Å²) in [6.07, 6.45) is 0.968. The number of ether oxygens (including phenoxy) is 1. The van der Waals surface area contributed by atoms with E-state index in [2.05, 4.69) is 34.5 Å². The predicted molar refractivity (Wildman–Crippen MR) is 84.0 cm³/mol. The van der Waals surface area contributed by atoms with E-state index in [0.717, 1.165) is 6.42 Å². The van der Waals surface area contributed by atoms with Crippen molar-refractivity contribution < 1.29 is 13.2 Å². The number of hydrogen-bond donors (Lipinski definition) is 2. The molecule has 0 fully saturated rings. The summed E-state index contributed by atoms with van der Waals surface area (Å²) in [5.74, 6) is 0.581. The van der Waals surface area contributed by atoms with Gasteiger partial charge in [-0.15, -0.1) is 0 Å². The van der Waals surface area contributed by atoms with E-state index in [1.54, 1.807) is 6.07 Å². The minimum absolute atomic E-state index is 0.153. The smallest absolute Gasteiger partial charge is 0.240 e. The Hall–Kier alpha value is -0.630. The van der Waals surface area contributed by atoms with Crippen molar-refractivity contribution >= 4 is 31.6 Å². The van der Waals surface area contributed by atoms with Crippen molar-refractivity contribution in [2.75, 3.05) is 25.5 Å². The molecule has 0 unspecified atom stereocenters. The molecular formula is C13H21BrN2O3S. The van der Waals surface area contributed by atoms with Crippen LogP contribution < -0.4 is 10.5 Å². The van der Waals surface area contributed by atoms with E-state index in [1.807, 2.05) is 0 Å². The van der Waals surface area contributed by atoms with Gasteiger partial charge in [-0.3, -0.25) is 0 Å². The number of halogens is 1. The molecule has 3 N–H and O–H groups in total. The van der Waals surface area contributed by atoms with Crippen LogP contribution in [0.25, 0.3) is 0 Å². The molecule has 20 heavy (non-hydrogen) atoms. The van der Waals surface area contributed by atoms with Crippen LogP contribution in [0.4, 0.5) is 5.69 Å². The molecule has 7 heteroatoms. The molecule has 114 valence electrons. The van der Waals surface area contributed by atoms with Crippen LogP contribution in [-0.2, 0) is 14.8 Å². The largest absolute Gasteiger partial charge is 0.398 e. The van der Waals surface area contributed by atoms with Gasteiger partial charge in [-0.05, 0) is 46.5 Å². The third-order valence-electron chi connectivity index (χ3n) is 2.66. The summed E-state index contributed by atoms with van der Waals surface area (Å²) in [6, 6.07) is 4.54. The number of nitrogens with one attached hydrogen (secondary N) is 1. The minimum Gasteiger partial charge on any atom is -0.398 e. The van der Waals surface area contributed by atoms with Gasteiger partial charge in [0.05, 0.1) is 11.5 Å². The molecule has 0 heterocycles. The van der Waals surface area contributed by atoms with Gasteiger partial charge in [-0.1, -0.05) is 13.8 Å². The number of nitrogens with two attached hydrogens (primary N) is 1. The first-order chi connectivity index (χ1) is 9.33. The van der Waals surface area contributed by atoms with Crippen molar-refractivity contribution in [3.05, 3.63) is 22.7 Å². The zero-order chi connectivity index (χ0) is 15.2. The Bertz CT molecular complexity index is 532. The summed E-state index contributed by atoms with van der Waals surface area (Å²) in [5.41, 5.74) is 6.07. The lowest BCUT2D eigenvalue weighted by Gasteiger charge is -2.09. The summed E-state index contributed by atoms with van der Waals surface area (Å²) in [7, 11) is -3.53. The Kier molecular flexibility index (Phi) is 6.94. The maximum atomic E-state index is 12.0. The normalized spacial score (nSPS) is 12.0. The summed E-state index contributed by atoms with van der Waals surface area (Å²) >= 11 is 3.23. The standard InChI is InChI=1S/C13H21BrN2O3S/c1-10(2)5-7-19-8-6-16-20(17,18)11-3-4-12(14)13(15)9-11/h3-4,9-10,16H,5-8,15H2,1-2H3. The Balaban J connectivity index is 2.43. The fourth-order valence-electron chi connectivity index (χ4n) is 1.44. The second kappa shape index (κ2) is 7.97. The first kappa shape index (κ1) is 17.4. The van der Waals surface area contributed by atoms with E-state index < -0.39 is 10.0 Å². The number of benzene rings is 1. The average Bonchev–Trinajstić information content (AvgIpc) is 2.36. The molecule has 0 atom stereocenters. The van der Waals surface area contributed by atoms with E-state index in [1.165, 1.54) is 12.1 Å². The molecule has 0 amide bonds. The summed E-state index contributed by atoms with van der Waals surface area (Å²) in [4.78, 5) is 0.153. The number of anilines is 1. The Labute approximate surface area is 129 Å². The summed E-state index contributed by atoms with van der Waals surface area (Å²) in [6.45, 7) is 5.48. The third kappa shape index (κ3) is 5.78. The van der Waals surface area contributed by atoms with E-state index in [4.69, 9.17) is 10.5 Å². The zero-order valence-corrected chi connectivity index (χ0v) is 14.1. The van der Waals surface area contributed by atoms with Crippen LogP contribution in [0.5, 0.6) is 0 Å². The fourth-order valence-corrected chi connectivity index (χ4v) is 2.74. The van der Waals surface area contributed by atoms with Crippen molar-refractivity contribution in [2.45, 2.75) is 25.2 Å². The molecule has 0 aliphatic rings. The molecule has 1 aromatic carbocycles. The van der Waals surface area contributed by atoms with Crippen molar-refractivity contribution in [1.82, 2.24) is 4.72 Å². The van der Waals surface area contributed by atoms with E-state index >= 15 is 0 Å². The van der Waals surface area contributed by atoms with Gasteiger partial charge in [-0.25, -0.2) is 13.1 Å². The van der Waals surface area contributed by atoms with Gasteiger partial charge >= 0.3 is 0 Å². The lowest BCUT2D eigenvalue weighted by Crippen LogP contribution is -2.27. The Morgan fingerprint density at radius 2 is 2.05 bits per heavy atom. The minimum atomic E-state index is -3.53. The Morgan fingerprint density at radius 3 is 2.65 bits per heavy atom. The molecule has 0 radical (unpaired) electrons. The van der Waals surface area contributed by atoms with Crippen LogP contribution in [0.3, 0.4) is 0 Å². The molecule has 0 aliphatic carbocycles. The van der Waals surface area contributed by atoms with Crippen LogP contribution in [0.2, 0.25) is 0 Å². The van der Waals surface area contributed by atoms with Gasteiger partial charge in [0.2, 0.25) is 10.0 Å². The summed E-state index contributed by atoms with van der Waals surface area (Å²) < 4.78 is 32.5. The molecule has 5 nitrogen and oxygen atoms in total. The van der Waals surface area contributed by atoms with Gasteiger partial charge < -0.3 is 10.5 Å². The van der Waals surface area contributed by atoms with Crippen LogP contribution in [0, 0.1) is 5.92 Å². The van der Waals surface area contributed by atoms with Crippen molar-refractivity contribution in [3.8, 4) is 0 Å². The maximum absolute atomic E-state index is 12.0. The first-order valence-electron chi connectivity index (χ1n) is 6.45. The van der Waals surface area contributed by atoms with Crippen LogP contribution >= 0.6 is 15.9 Å². The highest BCUT2D eigenvalue weighted by Crippen LogP contribution is 2.22.